The second-order valence-corrected chi connectivity index (χ2v) is 1.99. The van der Waals surface area contributed by atoms with Crippen LogP contribution in [0.25, 0.3) is 0 Å². The SMILES string of the molecule is NCCC[n+]1cc[nH]c1.[Br-]. The molecule has 0 saturated carbocycles. The molecule has 0 aliphatic heterocycles. The summed E-state index contributed by atoms with van der Waals surface area (Å²) in [4.78, 5) is 2.96. The molecule has 1 heterocycles. The molecule has 0 fully saturated rings. The largest absolute Gasteiger partial charge is 1.00 e. The summed E-state index contributed by atoms with van der Waals surface area (Å²) in [7, 11) is 0. The number of rotatable bonds is 3. The highest BCUT2D eigenvalue weighted by atomic mass is 79.9. The van der Waals surface area contributed by atoms with Crippen LogP contribution in [0.15, 0.2) is 18.7 Å². The second-order valence-electron chi connectivity index (χ2n) is 1.99. The first-order valence-electron chi connectivity index (χ1n) is 3.15. The average molecular weight is 206 g/mol. The van der Waals surface area contributed by atoms with E-state index in [1.807, 2.05) is 18.7 Å². The Labute approximate surface area is 71.0 Å². The Bertz CT molecular complexity index is 150. The Balaban J connectivity index is 0.000000810. The highest BCUT2D eigenvalue weighted by Crippen LogP contribution is 1.74. The van der Waals surface area contributed by atoms with Crippen molar-refractivity contribution in [3.63, 3.8) is 0 Å². The summed E-state index contributed by atoms with van der Waals surface area (Å²) in [5.41, 5.74) is 5.32. The van der Waals surface area contributed by atoms with Crippen LogP contribution in [0.2, 0.25) is 0 Å². The minimum Gasteiger partial charge on any atom is -1.00 e. The van der Waals surface area contributed by atoms with Gasteiger partial charge in [0.25, 0.3) is 0 Å². The maximum Gasteiger partial charge on any atom is 0.241 e. The number of H-pyrrole nitrogens is 1. The first kappa shape index (κ1) is 9.65. The first-order chi connectivity index (χ1) is 4.43. The summed E-state index contributed by atoms with van der Waals surface area (Å²) < 4.78 is 2.08. The molecule has 0 unspecified atom stereocenters. The summed E-state index contributed by atoms with van der Waals surface area (Å²) in [6.07, 6.45) is 6.87. The van der Waals surface area contributed by atoms with Gasteiger partial charge in [0.1, 0.15) is 12.4 Å². The Morgan fingerprint density at radius 3 is 2.80 bits per heavy atom. The smallest absolute Gasteiger partial charge is 0.241 e. The van der Waals surface area contributed by atoms with Crippen molar-refractivity contribution in [1.82, 2.24) is 4.98 Å². The standard InChI is InChI=1S/C6H11N3.BrH/c7-2-1-4-9-5-3-8-6-9;/h3,5-6H,1-2,4,7H2;1H. The molecule has 1 aromatic heterocycles. The van der Waals surface area contributed by atoms with Crippen LogP contribution in [0.4, 0.5) is 0 Å². The number of nitrogens with one attached hydrogen (secondary N) is 1. The van der Waals surface area contributed by atoms with Crippen LogP contribution in [-0.4, -0.2) is 11.5 Å². The molecule has 4 heteroatoms. The lowest BCUT2D eigenvalue weighted by atomic mass is 10.4. The topological polar surface area (TPSA) is 45.7 Å². The van der Waals surface area contributed by atoms with E-state index < -0.39 is 0 Å². The predicted octanol–water partition coefficient (Wildman–Crippen LogP) is -3.34. The van der Waals surface area contributed by atoms with Crippen molar-refractivity contribution in [2.75, 3.05) is 6.54 Å². The van der Waals surface area contributed by atoms with E-state index in [0.29, 0.717) is 0 Å². The minimum absolute atomic E-state index is 0. The number of hydrogen-bond acceptors (Lipinski definition) is 1. The molecule has 3 N–H and O–H groups in total. The molecule has 0 spiro atoms. The van der Waals surface area contributed by atoms with E-state index in [1.54, 1.807) is 0 Å². The maximum atomic E-state index is 5.32. The minimum atomic E-state index is 0. The number of hydrogen-bond donors (Lipinski definition) is 2. The summed E-state index contributed by atoms with van der Waals surface area (Å²) in [6, 6.07) is 0. The van der Waals surface area contributed by atoms with Crippen LogP contribution in [0.1, 0.15) is 6.42 Å². The van der Waals surface area contributed by atoms with Gasteiger partial charge in [-0.15, -0.1) is 0 Å². The van der Waals surface area contributed by atoms with Crippen molar-refractivity contribution < 1.29 is 21.5 Å². The number of nitrogens with zero attached hydrogens (tertiary/aromatic N) is 1. The molecule has 1 aromatic rings. The molecule has 0 amide bonds. The molecular formula is C6H12BrN3. The molecule has 0 atom stereocenters. The number of imidazole rings is 1. The Hall–Kier alpha value is -0.350. The highest BCUT2D eigenvalue weighted by Gasteiger charge is 1.92. The monoisotopic (exact) mass is 205 g/mol. The van der Waals surface area contributed by atoms with E-state index >= 15 is 0 Å². The molecular weight excluding hydrogens is 194 g/mol. The molecule has 3 nitrogen and oxygen atoms in total. The molecule has 10 heavy (non-hydrogen) atoms. The number of nitrogens with two attached hydrogens (primary N) is 1. The molecule has 0 saturated heterocycles. The van der Waals surface area contributed by atoms with Crippen LogP contribution < -0.4 is 27.3 Å². The fourth-order valence-electron chi connectivity index (χ4n) is 0.734. The van der Waals surface area contributed by atoms with Crippen molar-refractivity contribution in [2.45, 2.75) is 13.0 Å². The van der Waals surface area contributed by atoms with Crippen LogP contribution >= 0.6 is 0 Å². The summed E-state index contributed by atoms with van der Waals surface area (Å²) in [5.74, 6) is 0. The second kappa shape index (κ2) is 5.44. The molecule has 0 aromatic carbocycles. The quantitative estimate of drug-likeness (QED) is 0.499. The van der Waals surface area contributed by atoms with Gasteiger partial charge in [0.05, 0.1) is 6.54 Å². The van der Waals surface area contributed by atoms with Crippen molar-refractivity contribution in [3.05, 3.63) is 18.7 Å². The number of aromatic amines is 1. The van der Waals surface area contributed by atoms with Gasteiger partial charge in [-0.05, 0) is 13.0 Å². The first-order valence-corrected chi connectivity index (χ1v) is 3.15. The van der Waals surface area contributed by atoms with Crippen molar-refractivity contribution in [1.29, 1.82) is 0 Å². The zero-order valence-corrected chi connectivity index (χ0v) is 7.34. The lowest BCUT2D eigenvalue weighted by Crippen LogP contribution is -3.00. The van der Waals surface area contributed by atoms with Crippen molar-refractivity contribution in [2.24, 2.45) is 5.73 Å². The van der Waals surface area contributed by atoms with E-state index in [0.717, 1.165) is 19.5 Å². The summed E-state index contributed by atoms with van der Waals surface area (Å²) in [5, 5.41) is 0. The van der Waals surface area contributed by atoms with Gasteiger partial charge in [-0.3, -0.25) is 4.98 Å². The molecule has 0 aliphatic rings. The van der Waals surface area contributed by atoms with Gasteiger partial charge in [0.15, 0.2) is 0 Å². The van der Waals surface area contributed by atoms with E-state index in [-0.39, 0.29) is 17.0 Å². The third kappa shape index (κ3) is 2.98. The Morgan fingerprint density at radius 1 is 1.50 bits per heavy atom. The van der Waals surface area contributed by atoms with Gasteiger partial charge in [0, 0.05) is 0 Å². The number of aryl methyl sites for hydroxylation is 1. The van der Waals surface area contributed by atoms with Gasteiger partial charge >= 0.3 is 0 Å². The third-order valence-electron chi connectivity index (χ3n) is 1.22. The predicted molar refractivity (Wildman–Crippen MR) is 34.7 cm³/mol. The lowest BCUT2D eigenvalue weighted by molar-refractivity contribution is -0.695. The van der Waals surface area contributed by atoms with Gasteiger partial charge in [-0.2, -0.15) is 0 Å². The lowest BCUT2D eigenvalue weighted by Gasteiger charge is -1.90. The van der Waals surface area contributed by atoms with E-state index in [4.69, 9.17) is 5.73 Å². The zero-order chi connectivity index (χ0) is 6.53. The average Bonchev–Trinajstić information content (AvgIpc) is 2.34. The van der Waals surface area contributed by atoms with Crippen LogP contribution in [0, 0.1) is 0 Å². The highest BCUT2D eigenvalue weighted by molar-refractivity contribution is 4.55. The number of aromatic nitrogens is 2. The molecule has 0 bridgehead atoms. The third-order valence-corrected chi connectivity index (χ3v) is 1.22. The van der Waals surface area contributed by atoms with E-state index in [2.05, 4.69) is 9.55 Å². The van der Waals surface area contributed by atoms with Gasteiger partial charge in [0.2, 0.25) is 6.33 Å². The van der Waals surface area contributed by atoms with Crippen LogP contribution in [0.3, 0.4) is 0 Å². The van der Waals surface area contributed by atoms with Gasteiger partial charge in [-0.25, -0.2) is 4.57 Å². The number of halogens is 1. The fourth-order valence-corrected chi connectivity index (χ4v) is 0.734. The zero-order valence-electron chi connectivity index (χ0n) is 5.76. The fraction of sp³-hybridized carbons (Fsp3) is 0.500. The summed E-state index contributed by atoms with van der Waals surface area (Å²) >= 11 is 0. The Kier molecular flexibility index (Phi) is 5.25. The van der Waals surface area contributed by atoms with Crippen LogP contribution in [-0.2, 0) is 6.54 Å². The normalized spacial score (nSPS) is 8.90. The van der Waals surface area contributed by atoms with Crippen molar-refractivity contribution in [3.8, 4) is 0 Å². The van der Waals surface area contributed by atoms with E-state index in [1.165, 1.54) is 0 Å². The summed E-state index contributed by atoms with van der Waals surface area (Å²) in [6.45, 7) is 1.78. The van der Waals surface area contributed by atoms with Crippen LogP contribution in [0.5, 0.6) is 0 Å². The molecule has 0 aliphatic carbocycles. The maximum absolute atomic E-state index is 5.32. The Morgan fingerprint density at radius 2 is 2.30 bits per heavy atom. The van der Waals surface area contributed by atoms with E-state index in [9.17, 15) is 0 Å². The molecule has 1 rings (SSSR count). The molecule has 0 radical (unpaired) electrons. The van der Waals surface area contributed by atoms with Crippen molar-refractivity contribution >= 4 is 0 Å². The van der Waals surface area contributed by atoms with Gasteiger partial charge in [-0.1, -0.05) is 0 Å². The van der Waals surface area contributed by atoms with Gasteiger partial charge < -0.3 is 22.7 Å². The molecule has 58 valence electrons.